The van der Waals surface area contributed by atoms with Crippen LogP contribution in [0.1, 0.15) is 31.8 Å². The summed E-state index contributed by atoms with van der Waals surface area (Å²) >= 11 is 0. The van der Waals surface area contributed by atoms with Crippen LogP contribution in [0, 0.1) is 6.92 Å². The summed E-state index contributed by atoms with van der Waals surface area (Å²) in [4.78, 5) is 25.4. The second-order valence-electron chi connectivity index (χ2n) is 7.18. The molecule has 33 heavy (non-hydrogen) atoms. The third-order valence-corrected chi connectivity index (χ3v) is 5.27. The molecule has 0 unspecified atom stereocenters. The van der Waals surface area contributed by atoms with Gasteiger partial charge in [-0.3, -0.25) is 4.79 Å². The zero-order valence-corrected chi connectivity index (χ0v) is 18.6. The number of hydrogen-bond donors (Lipinski definition) is 0. The van der Waals surface area contributed by atoms with E-state index in [1.165, 1.54) is 21.3 Å². The van der Waals surface area contributed by atoms with Gasteiger partial charge in [-0.25, -0.2) is 4.79 Å². The lowest BCUT2D eigenvalue weighted by molar-refractivity contribution is 0.0733. The second-order valence-corrected chi connectivity index (χ2v) is 7.18. The van der Waals surface area contributed by atoms with Gasteiger partial charge in [-0.05, 0) is 49.4 Å². The first-order valence-electron chi connectivity index (χ1n) is 10.1. The average molecular weight is 446 g/mol. The number of allylic oxidation sites excluding steroid dienone is 1. The van der Waals surface area contributed by atoms with Gasteiger partial charge in [-0.2, -0.15) is 0 Å². The number of benzene rings is 3. The lowest BCUT2D eigenvalue weighted by atomic mass is 10.1. The number of carbonyl (C=O) groups is 2. The fourth-order valence-electron chi connectivity index (χ4n) is 3.59. The number of methoxy groups -OCH3 is 3. The summed E-state index contributed by atoms with van der Waals surface area (Å²) in [6.45, 7) is 1.74. The lowest BCUT2D eigenvalue weighted by Gasteiger charge is -2.14. The van der Waals surface area contributed by atoms with Crippen molar-refractivity contribution in [2.24, 2.45) is 0 Å². The van der Waals surface area contributed by atoms with Crippen LogP contribution in [0.2, 0.25) is 0 Å². The van der Waals surface area contributed by atoms with Crippen LogP contribution in [-0.2, 0) is 0 Å². The van der Waals surface area contributed by atoms with Crippen molar-refractivity contribution in [1.29, 1.82) is 0 Å². The Morgan fingerprint density at radius 2 is 1.55 bits per heavy atom. The minimum atomic E-state index is -0.492. The van der Waals surface area contributed by atoms with E-state index in [1.54, 1.807) is 61.5 Å². The molecule has 4 rings (SSSR count). The molecule has 3 aromatic carbocycles. The Labute approximate surface area is 191 Å². The maximum Gasteiger partial charge on any atom is 0.343 e. The topological polar surface area (TPSA) is 80.3 Å². The van der Waals surface area contributed by atoms with Crippen LogP contribution in [0.25, 0.3) is 6.08 Å². The monoisotopic (exact) mass is 446 g/mol. The van der Waals surface area contributed by atoms with Crippen molar-refractivity contribution in [1.82, 2.24) is 0 Å². The number of ether oxygens (including phenoxy) is 5. The van der Waals surface area contributed by atoms with Gasteiger partial charge in [0.25, 0.3) is 0 Å². The van der Waals surface area contributed by atoms with Gasteiger partial charge in [0.1, 0.15) is 11.5 Å². The molecule has 0 spiro atoms. The van der Waals surface area contributed by atoms with Crippen molar-refractivity contribution in [3.8, 4) is 28.7 Å². The molecule has 0 saturated carbocycles. The number of ketones is 1. The molecule has 0 amide bonds. The van der Waals surface area contributed by atoms with Crippen molar-refractivity contribution < 1.29 is 33.3 Å². The fourth-order valence-corrected chi connectivity index (χ4v) is 3.59. The zero-order chi connectivity index (χ0) is 23.5. The molecule has 7 nitrogen and oxygen atoms in total. The van der Waals surface area contributed by atoms with E-state index in [-0.39, 0.29) is 11.5 Å². The normalized spacial score (nSPS) is 13.3. The van der Waals surface area contributed by atoms with Gasteiger partial charge in [0.2, 0.25) is 11.5 Å². The van der Waals surface area contributed by atoms with Crippen LogP contribution in [0.3, 0.4) is 0 Å². The van der Waals surface area contributed by atoms with Crippen molar-refractivity contribution in [2.45, 2.75) is 6.92 Å². The van der Waals surface area contributed by atoms with E-state index < -0.39 is 5.97 Å². The number of fused-ring (bicyclic) bond motifs is 1. The molecular formula is C26H22O7. The maximum atomic E-state index is 13.0. The average Bonchev–Trinajstić information content (AvgIpc) is 3.16. The Bertz CT molecular complexity index is 1260. The van der Waals surface area contributed by atoms with Crippen LogP contribution >= 0.6 is 0 Å². The SMILES string of the molecule is COc1ccc(/C=C2\Oc3c(ccc(OC(=O)c4ccccc4)c3C)C2=O)c(OC)c1OC. The minimum absolute atomic E-state index is 0.116. The Morgan fingerprint density at radius 3 is 2.21 bits per heavy atom. The molecule has 0 aliphatic carbocycles. The van der Waals surface area contributed by atoms with Gasteiger partial charge in [-0.1, -0.05) is 18.2 Å². The molecule has 7 heteroatoms. The summed E-state index contributed by atoms with van der Waals surface area (Å²) in [7, 11) is 4.54. The molecule has 168 valence electrons. The first kappa shape index (κ1) is 22.0. The van der Waals surface area contributed by atoms with Crippen LogP contribution in [0.15, 0.2) is 60.4 Å². The largest absolute Gasteiger partial charge is 0.493 e. The molecule has 0 fully saturated rings. The zero-order valence-electron chi connectivity index (χ0n) is 18.6. The fraction of sp³-hybridized carbons (Fsp3) is 0.154. The second kappa shape index (κ2) is 9.08. The molecular weight excluding hydrogens is 424 g/mol. The molecule has 0 N–H and O–H groups in total. The van der Waals surface area contributed by atoms with Gasteiger partial charge in [0.15, 0.2) is 17.3 Å². The Hall–Kier alpha value is -4.26. The summed E-state index contributed by atoms with van der Waals surface area (Å²) in [5.41, 5.74) is 1.95. The molecule has 0 bridgehead atoms. The number of hydrogen-bond acceptors (Lipinski definition) is 7. The smallest absolute Gasteiger partial charge is 0.343 e. The molecule has 1 aliphatic rings. The van der Waals surface area contributed by atoms with Gasteiger partial charge in [0, 0.05) is 11.1 Å². The highest BCUT2D eigenvalue weighted by molar-refractivity contribution is 6.15. The minimum Gasteiger partial charge on any atom is -0.493 e. The number of rotatable bonds is 6. The summed E-state index contributed by atoms with van der Waals surface area (Å²) in [6, 6.07) is 15.3. The highest BCUT2D eigenvalue weighted by atomic mass is 16.5. The third kappa shape index (κ3) is 4.01. The highest BCUT2D eigenvalue weighted by Crippen LogP contribution is 2.43. The van der Waals surface area contributed by atoms with Crippen LogP contribution in [0.5, 0.6) is 28.7 Å². The molecule has 0 radical (unpaired) electrons. The summed E-state index contributed by atoms with van der Waals surface area (Å²) in [6.07, 6.45) is 1.58. The Balaban J connectivity index is 1.66. The van der Waals surface area contributed by atoms with E-state index in [0.717, 1.165) is 0 Å². The maximum absolute atomic E-state index is 13.0. The Morgan fingerprint density at radius 1 is 0.848 bits per heavy atom. The van der Waals surface area contributed by atoms with Gasteiger partial charge >= 0.3 is 5.97 Å². The molecule has 0 atom stereocenters. The molecule has 1 aliphatic heterocycles. The van der Waals surface area contributed by atoms with E-state index in [9.17, 15) is 9.59 Å². The van der Waals surface area contributed by atoms with Gasteiger partial charge in [0.05, 0.1) is 32.5 Å². The highest BCUT2D eigenvalue weighted by Gasteiger charge is 2.31. The van der Waals surface area contributed by atoms with E-state index in [2.05, 4.69) is 0 Å². The first-order chi connectivity index (χ1) is 16.0. The van der Waals surface area contributed by atoms with E-state index in [1.807, 2.05) is 6.07 Å². The number of esters is 1. The van der Waals surface area contributed by atoms with Crippen molar-refractivity contribution in [3.63, 3.8) is 0 Å². The van der Waals surface area contributed by atoms with Crippen LogP contribution in [0.4, 0.5) is 0 Å². The van der Waals surface area contributed by atoms with Crippen LogP contribution < -0.4 is 23.7 Å². The van der Waals surface area contributed by atoms with Gasteiger partial charge < -0.3 is 23.7 Å². The predicted octanol–water partition coefficient (Wildman–Crippen LogP) is 4.86. The lowest BCUT2D eigenvalue weighted by Crippen LogP contribution is -2.09. The summed E-state index contributed by atoms with van der Waals surface area (Å²) < 4.78 is 27.6. The standard InChI is InChI=1S/C26H22O7/c1-15-19(33-26(28)16-8-6-5-7-9-16)13-11-18-22(27)21(32-23(15)18)14-17-10-12-20(29-2)25(31-4)24(17)30-3/h5-14H,1-4H3/b21-14-. The van der Waals surface area contributed by atoms with Crippen LogP contribution in [-0.4, -0.2) is 33.1 Å². The van der Waals surface area contributed by atoms with E-state index in [4.69, 9.17) is 23.7 Å². The van der Waals surface area contributed by atoms with Crippen molar-refractivity contribution in [2.75, 3.05) is 21.3 Å². The van der Waals surface area contributed by atoms with Gasteiger partial charge in [-0.15, -0.1) is 0 Å². The van der Waals surface area contributed by atoms with E-state index >= 15 is 0 Å². The third-order valence-electron chi connectivity index (χ3n) is 5.27. The molecule has 3 aromatic rings. The molecule has 0 saturated heterocycles. The summed E-state index contributed by atoms with van der Waals surface area (Å²) in [5, 5.41) is 0. The van der Waals surface area contributed by atoms with Crippen molar-refractivity contribution >= 4 is 17.8 Å². The predicted molar refractivity (Wildman–Crippen MR) is 122 cm³/mol. The quantitative estimate of drug-likeness (QED) is 0.304. The molecule has 1 heterocycles. The Kier molecular flexibility index (Phi) is 6.04. The van der Waals surface area contributed by atoms with E-state index in [0.29, 0.717) is 51.0 Å². The first-order valence-corrected chi connectivity index (χ1v) is 10.1. The van der Waals surface area contributed by atoms with Crippen molar-refractivity contribution in [3.05, 3.63) is 82.6 Å². The summed E-state index contributed by atoms with van der Waals surface area (Å²) in [5.74, 6) is 1.32. The number of Topliss-reactive ketones (excluding diaryl/α,β-unsaturated/α-hetero) is 1. The number of carbonyl (C=O) groups excluding carboxylic acids is 2. The molecule has 0 aromatic heterocycles.